The van der Waals surface area contributed by atoms with E-state index in [1.165, 1.54) is 28.8 Å². The Kier molecular flexibility index (Phi) is 4.61. The van der Waals surface area contributed by atoms with Crippen LogP contribution in [-0.2, 0) is 22.8 Å². The lowest BCUT2D eigenvalue weighted by Crippen LogP contribution is -2.27. The minimum Gasteiger partial charge on any atom is -0.383 e. The van der Waals surface area contributed by atoms with E-state index in [1.54, 1.807) is 19.9 Å². The number of nitrogen functional groups attached to an aromatic ring is 1. The van der Waals surface area contributed by atoms with Gasteiger partial charge < -0.3 is 15.5 Å². The zero-order valence-corrected chi connectivity index (χ0v) is 17.9. The highest BCUT2D eigenvalue weighted by Gasteiger charge is 2.42. The van der Waals surface area contributed by atoms with Crippen LogP contribution >= 0.6 is 0 Å². The Morgan fingerprint density at radius 3 is 2.59 bits per heavy atom. The van der Waals surface area contributed by atoms with Gasteiger partial charge in [-0.05, 0) is 31.5 Å². The Labute approximate surface area is 189 Å². The van der Waals surface area contributed by atoms with Crippen LogP contribution in [0.5, 0.6) is 0 Å². The van der Waals surface area contributed by atoms with Gasteiger partial charge in [-0.2, -0.15) is 13.2 Å². The molecule has 12 heteroatoms. The van der Waals surface area contributed by atoms with Crippen LogP contribution in [0.3, 0.4) is 0 Å². The number of hydrogen-bond acceptors (Lipinski definition) is 6. The Morgan fingerprint density at radius 2 is 1.88 bits per heavy atom. The van der Waals surface area contributed by atoms with Crippen LogP contribution in [0.1, 0.15) is 36.4 Å². The number of carbonyl (C=O) groups is 1. The molecular weight excluding hydrogens is 454 g/mol. The van der Waals surface area contributed by atoms with Crippen LogP contribution in [0.15, 0.2) is 36.7 Å². The molecule has 0 spiro atoms. The standard InChI is InChI=1S/C22H17F4N7O/c1-21(2)15-16(27)30-17(31-18(15)32-20(21)34)13-8-33-9-14(22(24,25)26)29-19(33)12(28-13)7-10-4-3-5-11(23)6-10/h3-6,8-9H,7H2,1-2H3,(H3,27,30,31,32,34). The monoisotopic (exact) mass is 471 g/mol. The number of hydrogen-bond donors (Lipinski definition) is 2. The Balaban J connectivity index is 1.69. The number of fused-ring (bicyclic) bond motifs is 2. The van der Waals surface area contributed by atoms with Crippen LogP contribution in [0, 0.1) is 5.82 Å². The SMILES string of the molecule is CC1(C)C(=O)Nc2nc(-c3cn4cc(C(F)(F)F)nc4c(Cc4cccc(F)c4)n3)nc(N)c21. The molecule has 1 aromatic carbocycles. The highest BCUT2D eigenvalue weighted by molar-refractivity contribution is 6.06. The van der Waals surface area contributed by atoms with Gasteiger partial charge in [0, 0.05) is 18.8 Å². The van der Waals surface area contributed by atoms with E-state index in [0.717, 1.165) is 6.20 Å². The Hall–Kier alpha value is -4.09. The maximum atomic E-state index is 13.7. The zero-order valence-electron chi connectivity index (χ0n) is 17.9. The number of carbonyl (C=O) groups excluding carboxylic acids is 1. The number of amides is 1. The molecule has 3 N–H and O–H groups in total. The summed E-state index contributed by atoms with van der Waals surface area (Å²) in [6.45, 7) is 3.36. The molecule has 0 bridgehead atoms. The van der Waals surface area contributed by atoms with E-state index in [1.807, 2.05) is 0 Å². The first-order valence-corrected chi connectivity index (χ1v) is 10.1. The number of nitrogens with one attached hydrogen (secondary N) is 1. The molecular formula is C22H17F4N7O. The zero-order chi connectivity index (χ0) is 24.4. The third-order valence-corrected chi connectivity index (χ3v) is 5.65. The van der Waals surface area contributed by atoms with Gasteiger partial charge in [0.2, 0.25) is 5.91 Å². The van der Waals surface area contributed by atoms with Crippen molar-refractivity contribution in [2.75, 3.05) is 11.1 Å². The van der Waals surface area contributed by atoms with Gasteiger partial charge in [-0.1, -0.05) is 12.1 Å². The number of alkyl halides is 3. The van der Waals surface area contributed by atoms with E-state index in [4.69, 9.17) is 5.73 Å². The lowest BCUT2D eigenvalue weighted by atomic mass is 9.87. The summed E-state index contributed by atoms with van der Waals surface area (Å²) >= 11 is 0. The van der Waals surface area contributed by atoms with E-state index in [9.17, 15) is 22.4 Å². The number of rotatable bonds is 3. The number of anilines is 2. The van der Waals surface area contributed by atoms with Gasteiger partial charge >= 0.3 is 6.18 Å². The Bertz CT molecular complexity index is 1480. The second-order valence-corrected chi connectivity index (χ2v) is 8.47. The number of aromatic nitrogens is 5. The molecule has 1 aliphatic heterocycles. The molecule has 1 aliphatic rings. The van der Waals surface area contributed by atoms with Crippen LogP contribution in [0.2, 0.25) is 0 Å². The smallest absolute Gasteiger partial charge is 0.383 e. The maximum Gasteiger partial charge on any atom is 0.434 e. The predicted molar refractivity (Wildman–Crippen MR) is 114 cm³/mol. The lowest BCUT2D eigenvalue weighted by molar-refractivity contribution is -0.140. The van der Waals surface area contributed by atoms with Crippen molar-refractivity contribution < 1.29 is 22.4 Å². The number of imidazole rings is 1. The van der Waals surface area contributed by atoms with Crippen molar-refractivity contribution in [3.63, 3.8) is 0 Å². The molecule has 0 unspecified atom stereocenters. The third kappa shape index (κ3) is 3.51. The highest BCUT2D eigenvalue weighted by Crippen LogP contribution is 2.40. The summed E-state index contributed by atoms with van der Waals surface area (Å²) < 4.78 is 54.9. The normalized spacial score (nSPS) is 14.9. The van der Waals surface area contributed by atoms with Gasteiger partial charge in [0.15, 0.2) is 17.2 Å². The molecule has 1 amide bonds. The van der Waals surface area contributed by atoms with Crippen LogP contribution in [0.25, 0.3) is 17.2 Å². The fraction of sp³-hybridized carbons (Fsp3) is 0.227. The summed E-state index contributed by atoms with van der Waals surface area (Å²) in [5.41, 5.74) is 5.23. The average Bonchev–Trinajstić information content (AvgIpc) is 3.27. The van der Waals surface area contributed by atoms with Gasteiger partial charge in [0.1, 0.15) is 23.1 Å². The van der Waals surface area contributed by atoms with E-state index in [2.05, 4.69) is 25.3 Å². The number of benzene rings is 1. The van der Waals surface area contributed by atoms with Gasteiger partial charge in [-0.3, -0.25) is 4.79 Å². The van der Waals surface area contributed by atoms with Crippen molar-refractivity contribution in [2.45, 2.75) is 31.9 Å². The summed E-state index contributed by atoms with van der Waals surface area (Å²) in [6, 6.07) is 5.65. The minimum absolute atomic E-state index is 0.00754. The summed E-state index contributed by atoms with van der Waals surface area (Å²) in [5.74, 6) is -0.512. The topological polar surface area (TPSA) is 111 Å². The lowest BCUT2D eigenvalue weighted by Gasteiger charge is -2.16. The molecule has 0 aliphatic carbocycles. The van der Waals surface area contributed by atoms with Crippen molar-refractivity contribution in [3.05, 3.63) is 65.0 Å². The summed E-state index contributed by atoms with van der Waals surface area (Å²) in [5, 5.41) is 2.65. The fourth-order valence-corrected chi connectivity index (χ4v) is 3.94. The van der Waals surface area contributed by atoms with E-state index < -0.39 is 23.1 Å². The summed E-state index contributed by atoms with van der Waals surface area (Å²) in [6.07, 6.45) is -2.53. The molecule has 0 fully saturated rings. The number of nitrogens with zero attached hydrogens (tertiary/aromatic N) is 5. The molecule has 0 atom stereocenters. The van der Waals surface area contributed by atoms with Crippen LogP contribution in [0.4, 0.5) is 29.2 Å². The molecule has 3 aromatic heterocycles. The second-order valence-electron chi connectivity index (χ2n) is 8.47. The fourth-order valence-electron chi connectivity index (χ4n) is 3.94. The average molecular weight is 471 g/mol. The third-order valence-electron chi connectivity index (χ3n) is 5.65. The summed E-state index contributed by atoms with van der Waals surface area (Å²) in [4.78, 5) is 29.1. The van der Waals surface area contributed by atoms with Crippen molar-refractivity contribution in [1.29, 1.82) is 0 Å². The minimum atomic E-state index is -4.67. The van der Waals surface area contributed by atoms with Crippen molar-refractivity contribution in [1.82, 2.24) is 24.3 Å². The first kappa shape index (κ1) is 21.7. The van der Waals surface area contributed by atoms with Crippen LogP contribution in [-0.4, -0.2) is 30.2 Å². The van der Waals surface area contributed by atoms with Gasteiger partial charge in [-0.15, -0.1) is 0 Å². The summed E-state index contributed by atoms with van der Waals surface area (Å²) in [7, 11) is 0. The second kappa shape index (κ2) is 7.20. The number of halogens is 4. The van der Waals surface area contributed by atoms with Crippen molar-refractivity contribution >= 4 is 23.2 Å². The molecule has 4 aromatic rings. The molecule has 174 valence electrons. The van der Waals surface area contributed by atoms with Crippen molar-refractivity contribution in [3.8, 4) is 11.5 Å². The predicted octanol–water partition coefficient (Wildman–Crippen LogP) is 3.75. The van der Waals surface area contributed by atoms with E-state index >= 15 is 0 Å². The maximum absolute atomic E-state index is 13.7. The highest BCUT2D eigenvalue weighted by atomic mass is 19.4. The first-order chi connectivity index (χ1) is 15.9. The van der Waals surface area contributed by atoms with Gasteiger partial charge in [0.25, 0.3) is 0 Å². The molecule has 0 radical (unpaired) electrons. The largest absolute Gasteiger partial charge is 0.434 e. The molecule has 4 heterocycles. The van der Waals surface area contributed by atoms with E-state index in [0.29, 0.717) is 11.1 Å². The van der Waals surface area contributed by atoms with E-state index in [-0.39, 0.29) is 46.8 Å². The Morgan fingerprint density at radius 1 is 1.12 bits per heavy atom. The quantitative estimate of drug-likeness (QED) is 0.441. The van der Waals surface area contributed by atoms with Crippen LogP contribution < -0.4 is 11.1 Å². The molecule has 34 heavy (non-hydrogen) atoms. The van der Waals surface area contributed by atoms with Gasteiger partial charge in [0.05, 0.1) is 16.7 Å². The molecule has 5 rings (SSSR count). The molecule has 8 nitrogen and oxygen atoms in total. The number of nitrogens with two attached hydrogens (primary N) is 1. The molecule has 0 saturated heterocycles. The van der Waals surface area contributed by atoms with Gasteiger partial charge in [-0.25, -0.2) is 24.3 Å². The van der Waals surface area contributed by atoms with Crippen molar-refractivity contribution in [2.24, 2.45) is 0 Å². The molecule has 0 saturated carbocycles. The first-order valence-electron chi connectivity index (χ1n) is 10.1.